The molecule has 0 radical (unpaired) electrons. The molecule has 1 amide bonds. The van der Waals surface area contributed by atoms with E-state index >= 15 is 0 Å². The summed E-state index contributed by atoms with van der Waals surface area (Å²) in [5.74, 6) is 0.251. The summed E-state index contributed by atoms with van der Waals surface area (Å²) in [7, 11) is 1.43. The molecule has 3 aromatic rings. The highest BCUT2D eigenvalue weighted by Gasteiger charge is 2.31. The number of aromatic nitrogens is 1. The quantitative estimate of drug-likeness (QED) is 0.432. The summed E-state index contributed by atoms with van der Waals surface area (Å²) in [5.41, 5.74) is 1.67. The smallest absolute Gasteiger partial charge is 0.416 e. The topological polar surface area (TPSA) is 69.7 Å². The second kappa shape index (κ2) is 10.4. The molecule has 3 rings (SSSR count). The third-order valence-electron chi connectivity index (χ3n) is 4.30. The van der Waals surface area contributed by atoms with E-state index in [1.807, 2.05) is 12.3 Å². The van der Waals surface area contributed by atoms with Crippen LogP contribution >= 0.6 is 11.3 Å². The van der Waals surface area contributed by atoms with E-state index < -0.39 is 17.6 Å². The van der Waals surface area contributed by atoms with Crippen LogP contribution in [0, 0.1) is 0 Å². The van der Waals surface area contributed by atoms with Crippen molar-refractivity contribution in [1.29, 1.82) is 0 Å². The maximum atomic E-state index is 13.1. The number of benzene rings is 2. The number of halogens is 3. The van der Waals surface area contributed by atoms with Crippen LogP contribution in [0.5, 0.6) is 17.2 Å². The molecule has 0 fully saturated rings. The number of rotatable bonds is 9. The number of alkyl halides is 3. The lowest BCUT2D eigenvalue weighted by atomic mass is 10.1. The lowest BCUT2D eigenvalue weighted by molar-refractivity contribution is -0.137. The Morgan fingerprint density at radius 3 is 2.53 bits per heavy atom. The molecule has 10 heteroatoms. The molecule has 0 aliphatic heterocycles. The first kappa shape index (κ1) is 23.4. The second-order valence-electron chi connectivity index (χ2n) is 6.65. The summed E-state index contributed by atoms with van der Waals surface area (Å²) >= 11 is 1.44. The summed E-state index contributed by atoms with van der Waals surface area (Å²) in [6, 6.07) is 7.47. The van der Waals surface area contributed by atoms with Gasteiger partial charge in [-0.3, -0.25) is 4.79 Å². The highest BCUT2D eigenvalue weighted by Crippen LogP contribution is 2.36. The van der Waals surface area contributed by atoms with Crippen molar-refractivity contribution in [3.8, 4) is 17.2 Å². The van der Waals surface area contributed by atoms with Gasteiger partial charge in [-0.05, 0) is 42.8 Å². The number of carbonyl (C=O) groups excluding carboxylic acids is 1. The standard InChI is InChI=1S/C22H21F3N2O4S/c1-3-8-30-18-7-5-15(22(23,24)25)10-17(18)27-21(28)14-4-6-19(20(9-14)29-2)31-11-16-12-32-13-26-16/h4-7,9-10,12-13H,3,8,11H2,1-2H3,(H,27,28). The maximum Gasteiger partial charge on any atom is 0.416 e. The number of thiazole rings is 1. The van der Waals surface area contributed by atoms with E-state index in [0.29, 0.717) is 24.5 Å². The molecule has 32 heavy (non-hydrogen) atoms. The SMILES string of the molecule is CCCOc1ccc(C(F)(F)F)cc1NC(=O)c1ccc(OCc2cscn2)c(OC)c1. The van der Waals surface area contributed by atoms with Gasteiger partial charge in [0.05, 0.1) is 36.2 Å². The Balaban J connectivity index is 1.81. The Hall–Kier alpha value is -3.27. The molecule has 0 unspecified atom stereocenters. The zero-order valence-corrected chi connectivity index (χ0v) is 18.2. The number of methoxy groups -OCH3 is 1. The minimum Gasteiger partial charge on any atom is -0.493 e. The second-order valence-corrected chi connectivity index (χ2v) is 7.36. The van der Waals surface area contributed by atoms with Gasteiger partial charge in [0.2, 0.25) is 0 Å². The molecule has 1 heterocycles. The van der Waals surface area contributed by atoms with Crippen molar-refractivity contribution in [3.63, 3.8) is 0 Å². The largest absolute Gasteiger partial charge is 0.493 e. The first-order valence-corrected chi connectivity index (χ1v) is 10.6. The number of hydrogen-bond acceptors (Lipinski definition) is 6. The average Bonchev–Trinajstić information content (AvgIpc) is 3.29. The predicted octanol–water partition coefficient (Wildman–Crippen LogP) is 5.79. The van der Waals surface area contributed by atoms with Crippen LogP contribution in [0.3, 0.4) is 0 Å². The summed E-state index contributed by atoms with van der Waals surface area (Å²) in [5, 5.41) is 4.35. The first-order chi connectivity index (χ1) is 15.3. The molecule has 0 aliphatic rings. The minimum absolute atomic E-state index is 0.0684. The van der Waals surface area contributed by atoms with Crippen molar-refractivity contribution in [2.45, 2.75) is 26.1 Å². The van der Waals surface area contributed by atoms with E-state index in [1.54, 1.807) is 11.6 Å². The van der Waals surface area contributed by atoms with Crippen LogP contribution in [0.2, 0.25) is 0 Å². The van der Waals surface area contributed by atoms with Gasteiger partial charge in [0.1, 0.15) is 12.4 Å². The van der Waals surface area contributed by atoms with Gasteiger partial charge >= 0.3 is 6.18 Å². The molecule has 0 saturated carbocycles. The Labute approximate surface area is 187 Å². The molecule has 0 bridgehead atoms. The van der Waals surface area contributed by atoms with Gasteiger partial charge in [0.15, 0.2) is 11.5 Å². The number of carbonyl (C=O) groups is 1. The molecular weight excluding hydrogens is 445 g/mol. The highest BCUT2D eigenvalue weighted by atomic mass is 32.1. The van der Waals surface area contributed by atoms with Crippen LogP contribution < -0.4 is 19.5 Å². The normalized spacial score (nSPS) is 11.2. The molecular formula is C22H21F3N2O4S. The van der Waals surface area contributed by atoms with E-state index in [4.69, 9.17) is 14.2 Å². The molecule has 6 nitrogen and oxygen atoms in total. The number of hydrogen-bond donors (Lipinski definition) is 1. The van der Waals surface area contributed by atoms with Crippen molar-refractivity contribution in [2.24, 2.45) is 0 Å². The molecule has 1 aromatic heterocycles. The van der Waals surface area contributed by atoms with Crippen LogP contribution in [0.4, 0.5) is 18.9 Å². The lowest BCUT2D eigenvalue weighted by Crippen LogP contribution is -2.15. The van der Waals surface area contributed by atoms with Gasteiger partial charge in [-0.15, -0.1) is 11.3 Å². The van der Waals surface area contributed by atoms with Crippen molar-refractivity contribution in [3.05, 3.63) is 64.1 Å². The van der Waals surface area contributed by atoms with Crippen LogP contribution in [0.1, 0.15) is 35.0 Å². The number of anilines is 1. The van der Waals surface area contributed by atoms with Gasteiger partial charge in [-0.1, -0.05) is 6.92 Å². The Morgan fingerprint density at radius 2 is 1.88 bits per heavy atom. The minimum atomic E-state index is -4.55. The Morgan fingerprint density at radius 1 is 1.09 bits per heavy atom. The van der Waals surface area contributed by atoms with Crippen LogP contribution in [-0.2, 0) is 12.8 Å². The predicted molar refractivity (Wildman–Crippen MR) is 115 cm³/mol. The first-order valence-electron chi connectivity index (χ1n) is 9.65. The van der Waals surface area contributed by atoms with Gasteiger partial charge < -0.3 is 19.5 Å². The van der Waals surface area contributed by atoms with Crippen molar-refractivity contribution in [2.75, 3.05) is 19.0 Å². The zero-order chi connectivity index (χ0) is 23.1. The highest BCUT2D eigenvalue weighted by molar-refractivity contribution is 7.07. The molecule has 2 aromatic carbocycles. The molecule has 170 valence electrons. The fourth-order valence-corrected chi connectivity index (χ4v) is 3.27. The monoisotopic (exact) mass is 466 g/mol. The molecule has 0 saturated heterocycles. The van der Waals surface area contributed by atoms with E-state index in [1.165, 1.54) is 36.6 Å². The fourth-order valence-electron chi connectivity index (χ4n) is 2.72. The Bertz CT molecular complexity index is 1060. The molecule has 0 atom stereocenters. The maximum absolute atomic E-state index is 13.1. The van der Waals surface area contributed by atoms with E-state index in [0.717, 1.165) is 17.8 Å². The zero-order valence-electron chi connectivity index (χ0n) is 17.4. The number of amides is 1. The van der Waals surface area contributed by atoms with E-state index in [2.05, 4.69) is 10.3 Å². The van der Waals surface area contributed by atoms with Gasteiger partial charge in [0, 0.05) is 10.9 Å². The van der Waals surface area contributed by atoms with Crippen molar-refractivity contribution in [1.82, 2.24) is 4.98 Å². The number of nitrogens with one attached hydrogen (secondary N) is 1. The third kappa shape index (κ3) is 5.91. The average molecular weight is 466 g/mol. The Kier molecular flexibility index (Phi) is 7.57. The number of ether oxygens (including phenoxy) is 3. The van der Waals surface area contributed by atoms with Crippen molar-refractivity contribution >= 4 is 22.9 Å². The third-order valence-corrected chi connectivity index (χ3v) is 4.94. The van der Waals surface area contributed by atoms with Gasteiger partial charge in [-0.25, -0.2) is 4.98 Å². The van der Waals surface area contributed by atoms with Crippen LogP contribution in [-0.4, -0.2) is 24.6 Å². The molecule has 0 aliphatic carbocycles. The summed E-state index contributed by atoms with van der Waals surface area (Å²) < 4.78 is 55.9. The lowest BCUT2D eigenvalue weighted by Gasteiger charge is -2.16. The summed E-state index contributed by atoms with van der Waals surface area (Å²) in [4.78, 5) is 16.9. The van der Waals surface area contributed by atoms with E-state index in [-0.39, 0.29) is 23.6 Å². The van der Waals surface area contributed by atoms with Crippen LogP contribution in [0.25, 0.3) is 0 Å². The number of nitrogens with zero attached hydrogens (tertiary/aromatic N) is 1. The van der Waals surface area contributed by atoms with Crippen LogP contribution in [0.15, 0.2) is 47.3 Å². The summed E-state index contributed by atoms with van der Waals surface area (Å²) in [6.07, 6.45) is -3.89. The summed E-state index contributed by atoms with van der Waals surface area (Å²) in [6.45, 7) is 2.40. The fraction of sp³-hybridized carbons (Fsp3) is 0.273. The van der Waals surface area contributed by atoms with E-state index in [9.17, 15) is 18.0 Å². The van der Waals surface area contributed by atoms with Gasteiger partial charge in [-0.2, -0.15) is 13.2 Å². The molecule has 0 spiro atoms. The molecule has 1 N–H and O–H groups in total. The van der Waals surface area contributed by atoms with Crippen molar-refractivity contribution < 1.29 is 32.2 Å². The van der Waals surface area contributed by atoms with Gasteiger partial charge in [0.25, 0.3) is 5.91 Å².